The summed E-state index contributed by atoms with van der Waals surface area (Å²) in [6.45, 7) is 4.36. The Labute approximate surface area is 143 Å². The van der Waals surface area contributed by atoms with Crippen LogP contribution in [0, 0.1) is 13.8 Å². The average molecular weight is 336 g/mol. The molecule has 0 radical (unpaired) electrons. The second-order valence-corrected chi connectivity index (χ2v) is 7.13. The predicted octanol–water partition coefficient (Wildman–Crippen LogP) is 5.51. The number of benzene rings is 3. The molecule has 0 heterocycles. The maximum Gasteiger partial charge on any atom is -0.0126 e. The maximum absolute atomic E-state index is 2.80. The molecule has 0 spiro atoms. The van der Waals surface area contributed by atoms with Gasteiger partial charge in [-0.15, -0.1) is 18.5 Å². The Morgan fingerprint density at radius 3 is 1.91 bits per heavy atom. The van der Waals surface area contributed by atoms with Gasteiger partial charge in [0.05, 0.1) is 0 Å². The second-order valence-electron chi connectivity index (χ2n) is 6.06. The molecule has 23 heavy (non-hydrogen) atoms. The standard InChI is InChI=1S/C21H22P2/c1-14-9-19(16-5-7-21(23)8-6-16)12-20(10-14)17-3-4-18(13-22)15(2)11-17/h3-12H,13,22-23H2,1-2H3. The van der Waals surface area contributed by atoms with Gasteiger partial charge in [0.25, 0.3) is 0 Å². The van der Waals surface area contributed by atoms with Crippen LogP contribution in [0.5, 0.6) is 0 Å². The molecule has 2 atom stereocenters. The highest BCUT2D eigenvalue weighted by atomic mass is 31.0. The summed E-state index contributed by atoms with van der Waals surface area (Å²) in [6, 6.07) is 22.2. The molecule has 0 saturated heterocycles. The number of aryl methyl sites for hydroxylation is 2. The predicted molar refractivity (Wildman–Crippen MR) is 110 cm³/mol. The van der Waals surface area contributed by atoms with E-state index in [0.29, 0.717) is 0 Å². The molecule has 0 aliphatic heterocycles. The quantitative estimate of drug-likeness (QED) is 0.553. The lowest BCUT2D eigenvalue weighted by molar-refractivity contribution is 1.31. The Kier molecular flexibility index (Phi) is 4.96. The Bertz CT molecular complexity index is 833. The van der Waals surface area contributed by atoms with E-state index in [9.17, 15) is 0 Å². The van der Waals surface area contributed by atoms with E-state index >= 15 is 0 Å². The normalized spacial score (nSPS) is 10.8. The minimum absolute atomic E-state index is 1.01. The molecule has 0 N–H and O–H groups in total. The molecule has 0 nitrogen and oxygen atoms in total. The first kappa shape index (κ1) is 16.4. The molecule has 2 unspecified atom stereocenters. The van der Waals surface area contributed by atoms with E-state index in [0.717, 1.165) is 6.16 Å². The van der Waals surface area contributed by atoms with Crippen molar-refractivity contribution in [1.82, 2.24) is 0 Å². The first-order valence-corrected chi connectivity index (χ1v) is 9.24. The molecular formula is C21H22P2. The lowest BCUT2D eigenvalue weighted by Crippen LogP contribution is -1.90. The third kappa shape index (κ3) is 3.72. The lowest BCUT2D eigenvalue weighted by atomic mass is 9.95. The number of rotatable bonds is 3. The summed E-state index contributed by atoms with van der Waals surface area (Å²) in [5.74, 6) is 0. The summed E-state index contributed by atoms with van der Waals surface area (Å²) in [6.07, 6.45) is 1.01. The van der Waals surface area contributed by atoms with Crippen LogP contribution in [0.25, 0.3) is 22.3 Å². The van der Waals surface area contributed by atoms with Crippen LogP contribution >= 0.6 is 18.5 Å². The monoisotopic (exact) mass is 336 g/mol. The minimum atomic E-state index is 1.01. The van der Waals surface area contributed by atoms with Crippen LogP contribution in [0.15, 0.2) is 60.7 Å². The number of hydrogen-bond donors (Lipinski definition) is 0. The topological polar surface area (TPSA) is 0 Å². The van der Waals surface area contributed by atoms with Gasteiger partial charge in [0, 0.05) is 0 Å². The van der Waals surface area contributed by atoms with Gasteiger partial charge in [-0.25, -0.2) is 0 Å². The Morgan fingerprint density at radius 1 is 0.696 bits per heavy atom. The Hall–Kier alpha value is -1.48. The van der Waals surface area contributed by atoms with Gasteiger partial charge in [0.2, 0.25) is 0 Å². The van der Waals surface area contributed by atoms with Crippen molar-refractivity contribution in [3.8, 4) is 22.3 Å². The van der Waals surface area contributed by atoms with Gasteiger partial charge in [0.15, 0.2) is 0 Å². The summed E-state index contributed by atoms with van der Waals surface area (Å²) >= 11 is 0. The van der Waals surface area contributed by atoms with Crippen LogP contribution in [0.2, 0.25) is 0 Å². The third-order valence-corrected chi connectivity index (χ3v) is 5.04. The van der Waals surface area contributed by atoms with Crippen molar-refractivity contribution in [3.05, 3.63) is 77.4 Å². The highest BCUT2D eigenvalue weighted by Gasteiger charge is 2.05. The molecule has 3 aromatic rings. The second kappa shape index (κ2) is 6.96. The summed E-state index contributed by atoms with van der Waals surface area (Å²) < 4.78 is 0. The first-order chi connectivity index (χ1) is 11.1. The lowest BCUT2D eigenvalue weighted by Gasteiger charge is -2.11. The molecule has 0 fully saturated rings. The molecule has 0 saturated carbocycles. The fourth-order valence-electron chi connectivity index (χ4n) is 2.90. The van der Waals surface area contributed by atoms with Crippen LogP contribution < -0.4 is 5.30 Å². The maximum atomic E-state index is 2.80. The van der Waals surface area contributed by atoms with Crippen molar-refractivity contribution in [1.29, 1.82) is 0 Å². The molecule has 3 rings (SSSR count). The molecule has 2 heteroatoms. The summed E-state index contributed by atoms with van der Waals surface area (Å²) in [5, 5.41) is 1.21. The Morgan fingerprint density at radius 2 is 1.30 bits per heavy atom. The fourth-order valence-corrected chi connectivity index (χ4v) is 3.55. The van der Waals surface area contributed by atoms with E-state index in [1.165, 1.54) is 44.2 Å². The van der Waals surface area contributed by atoms with E-state index < -0.39 is 0 Å². The minimum Gasteiger partial charge on any atom is -0.133 e. The van der Waals surface area contributed by atoms with E-state index in [2.05, 4.69) is 93.0 Å². The molecule has 0 aliphatic carbocycles. The van der Waals surface area contributed by atoms with Crippen LogP contribution in [0.1, 0.15) is 16.7 Å². The van der Waals surface area contributed by atoms with Crippen molar-refractivity contribution in [3.63, 3.8) is 0 Å². The van der Waals surface area contributed by atoms with Gasteiger partial charge in [-0.2, -0.15) is 0 Å². The highest BCUT2D eigenvalue weighted by molar-refractivity contribution is 7.27. The molecule has 0 aromatic heterocycles. The zero-order valence-electron chi connectivity index (χ0n) is 13.6. The van der Waals surface area contributed by atoms with Gasteiger partial charge in [-0.3, -0.25) is 0 Å². The van der Waals surface area contributed by atoms with Crippen LogP contribution in [-0.4, -0.2) is 0 Å². The smallest absolute Gasteiger partial charge is 0.0126 e. The third-order valence-electron chi connectivity index (χ3n) is 4.22. The van der Waals surface area contributed by atoms with Gasteiger partial charge < -0.3 is 0 Å². The highest BCUT2D eigenvalue weighted by Crippen LogP contribution is 2.29. The molecule has 0 bridgehead atoms. The summed E-state index contributed by atoms with van der Waals surface area (Å²) in [4.78, 5) is 0. The van der Waals surface area contributed by atoms with Crippen molar-refractivity contribution in [2.75, 3.05) is 0 Å². The number of hydrogen-bond acceptors (Lipinski definition) is 0. The van der Waals surface area contributed by atoms with Crippen LogP contribution in [0.3, 0.4) is 0 Å². The molecule has 116 valence electrons. The summed E-state index contributed by atoms with van der Waals surface area (Å²) in [5.41, 5.74) is 9.15. The van der Waals surface area contributed by atoms with Gasteiger partial charge >= 0.3 is 0 Å². The van der Waals surface area contributed by atoms with Crippen molar-refractivity contribution in [2.45, 2.75) is 20.0 Å². The molecule has 0 amide bonds. The Balaban J connectivity index is 2.07. The van der Waals surface area contributed by atoms with E-state index in [1.807, 2.05) is 0 Å². The van der Waals surface area contributed by atoms with E-state index in [1.54, 1.807) is 0 Å². The van der Waals surface area contributed by atoms with Crippen molar-refractivity contribution in [2.24, 2.45) is 0 Å². The van der Waals surface area contributed by atoms with Gasteiger partial charge in [-0.05, 0) is 70.3 Å². The van der Waals surface area contributed by atoms with Crippen LogP contribution in [-0.2, 0) is 6.16 Å². The van der Waals surface area contributed by atoms with Crippen molar-refractivity contribution < 1.29 is 0 Å². The zero-order valence-corrected chi connectivity index (χ0v) is 15.9. The molecule has 3 aromatic carbocycles. The fraction of sp³-hybridized carbons (Fsp3) is 0.143. The molecule has 0 aliphatic rings. The van der Waals surface area contributed by atoms with Gasteiger partial charge in [-0.1, -0.05) is 54.6 Å². The average Bonchev–Trinajstić information content (AvgIpc) is 2.55. The van der Waals surface area contributed by atoms with E-state index in [-0.39, 0.29) is 0 Å². The van der Waals surface area contributed by atoms with E-state index in [4.69, 9.17) is 0 Å². The molecular weight excluding hydrogens is 314 g/mol. The first-order valence-electron chi connectivity index (χ1n) is 7.84. The van der Waals surface area contributed by atoms with Crippen LogP contribution in [0.4, 0.5) is 0 Å². The largest absolute Gasteiger partial charge is 0.133 e. The zero-order chi connectivity index (χ0) is 16.4. The van der Waals surface area contributed by atoms with Gasteiger partial charge in [0.1, 0.15) is 0 Å². The van der Waals surface area contributed by atoms with Crippen molar-refractivity contribution >= 4 is 23.8 Å². The summed E-state index contributed by atoms with van der Waals surface area (Å²) in [7, 11) is 5.54. The SMILES string of the molecule is Cc1cc(-c2ccc(P)cc2)cc(-c2ccc(CP)c(C)c2)c1.